The minimum atomic E-state index is -0.660. The Hall–Kier alpha value is -4.08. The lowest BCUT2D eigenvalue weighted by molar-refractivity contribution is -0.384. The van der Waals surface area contributed by atoms with Crippen molar-refractivity contribution in [2.45, 2.75) is 26.7 Å². The number of ether oxygens (including phenoxy) is 1. The molecule has 2 aromatic heterocycles. The van der Waals surface area contributed by atoms with Crippen molar-refractivity contribution in [2.75, 3.05) is 18.1 Å². The van der Waals surface area contributed by atoms with Crippen molar-refractivity contribution in [2.24, 2.45) is 0 Å². The van der Waals surface area contributed by atoms with E-state index in [4.69, 9.17) is 4.74 Å². The molecular formula is C22H21N5O5. The molecule has 1 aromatic carbocycles. The lowest BCUT2D eigenvalue weighted by atomic mass is 10.0. The zero-order valence-electron chi connectivity index (χ0n) is 17.6. The van der Waals surface area contributed by atoms with Gasteiger partial charge in [0.2, 0.25) is 0 Å². The summed E-state index contributed by atoms with van der Waals surface area (Å²) in [5.74, 6) is -0.477. The van der Waals surface area contributed by atoms with Gasteiger partial charge in [0, 0.05) is 36.3 Å². The Morgan fingerprint density at radius 1 is 1.19 bits per heavy atom. The highest BCUT2D eigenvalue weighted by atomic mass is 16.6. The predicted octanol–water partition coefficient (Wildman–Crippen LogP) is 2.93. The summed E-state index contributed by atoms with van der Waals surface area (Å²) in [6.07, 6.45) is 2.70. The highest BCUT2D eigenvalue weighted by molar-refractivity contribution is 5.98. The number of anilines is 1. The summed E-state index contributed by atoms with van der Waals surface area (Å²) in [7, 11) is 0. The van der Waals surface area contributed by atoms with Crippen LogP contribution in [0.2, 0.25) is 0 Å². The van der Waals surface area contributed by atoms with Gasteiger partial charge in [0.05, 0.1) is 16.2 Å². The molecule has 0 N–H and O–H groups in total. The molecule has 0 radical (unpaired) electrons. The number of non-ortho nitro benzene ring substituents is 1. The van der Waals surface area contributed by atoms with E-state index in [-0.39, 0.29) is 17.2 Å². The predicted molar refractivity (Wildman–Crippen MR) is 115 cm³/mol. The van der Waals surface area contributed by atoms with Crippen molar-refractivity contribution < 1.29 is 19.2 Å². The normalized spacial score (nSPS) is 12.9. The maximum absolute atomic E-state index is 12.7. The number of benzene rings is 1. The van der Waals surface area contributed by atoms with Crippen LogP contribution in [0.15, 0.2) is 42.6 Å². The van der Waals surface area contributed by atoms with Crippen LogP contribution in [0, 0.1) is 24.0 Å². The van der Waals surface area contributed by atoms with Crippen LogP contribution in [0.4, 0.5) is 11.4 Å². The fraction of sp³-hybridized carbons (Fsp3) is 0.273. The van der Waals surface area contributed by atoms with E-state index in [0.29, 0.717) is 30.9 Å². The van der Waals surface area contributed by atoms with Crippen LogP contribution < -0.4 is 4.90 Å². The number of carbonyl (C=O) groups is 2. The Labute approximate surface area is 183 Å². The van der Waals surface area contributed by atoms with Gasteiger partial charge in [-0.25, -0.2) is 14.5 Å². The van der Waals surface area contributed by atoms with Gasteiger partial charge in [-0.3, -0.25) is 14.9 Å². The van der Waals surface area contributed by atoms with Crippen molar-refractivity contribution in [1.29, 1.82) is 0 Å². The van der Waals surface area contributed by atoms with Crippen LogP contribution >= 0.6 is 0 Å². The van der Waals surface area contributed by atoms with Gasteiger partial charge in [-0.15, -0.1) is 0 Å². The fourth-order valence-corrected chi connectivity index (χ4v) is 3.74. The number of aromatic nitrogens is 3. The second-order valence-corrected chi connectivity index (χ2v) is 7.54. The highest BCUT2D eigenvalue weighted by Gasteiger charge is 2.25. The number of hydrogen-bond donors (Lipinski definition) is 0. The largest absolute Gasteiger partial charge is 0.452 e. The number of fused-ring (bicyclic) bond motifs is 1. The molecule has 4 rings (SSSR count). The molecular weight excluding hydrogens is 414 g/mol. The molecule has 0 atom stereocenters. The number of nitrogens with zero attached hydrogens (tertiary/aromatic N) is 5. The molecule has 10 heteroatoms. The van der Waals surface area contributed by atoms with Crippen LogP contribution in [0.1, 0.15) is 33.7 Å². The molecule has 1 amide bonds. The summed E-state index contributed by atoms with van der Waals surface area (Å²) in [6.45, 7) is 3.81. The number of aryl methyl sites for hydroxylation is 3. The molecule has 0 saturated heterocycles. The third-order valence-corrected chi connectivity index (χ3v) is 5.23. The van der Waals surface area contributed by atoms with Gasteiger partial charge < -0.3 is 9.64 Å². The zero-order chi connectivity index (χ0) is 22.8. The number of nitro groups is 1. The molecule has 0 aliphatic carbocycles. The molecule has 164 valence electrons. The summed E-state index contributed by atoms with van der Waals surface area (Å²) in [5.41, 5.74) is 3.33. The van der Waals surface area contributed by atoms with Crippen LogP contribution in [0.25, 0.3) is 5.82 Å². The van der Waals surface area contributed by atoms with Gasteiger partial charge in [-0.1, -0.05) is 0 Å². The molecule has 3 aromatic rings. The number of nitro benzene ring substituents is 1. The van der Waals surface area contributed by atoms with E-state index in [9.17, 15) is 19.7 Å². The summed E-state index contributed by atoms with van der Waals surface area (Å²) in [6, 6.07) is 9.57. The fourth-order valence-electron chi connectivity index (χ4n) is 3.74. The maximum atomic E-state index is 12.7. The molecule has 32 heavy (non-hydrogen) atoms. The minimum Gasteiger partial charge on any atom is -0.452 e. The highest BCUT2D eigenvalue weighted by Crippen LogP contribution is 2.30. The van der Waals surface area contributed by atoms with E-state index < -0.39 is 17.5 Å². The smallest absolute Gasteiger partial charge is 0.340 e. The first kappa shape index (κ1) is 21.2. The summed E-state index contributed by atoms with van der Waals surface area (Å²) in [5, 5.41) is 15.3. The Balaban J connectivity index is 1.41. The average molecular weight is 435 g/mol. The molecule has 3 heterocycles. The number of rotatable bonds is 5. The molecule has 0 saturated carbocycles. The first-order valence-corrected chi connectivity index (χ1v) is 10.1. The van der Waals surface area contributed by atoms with Gasteiger partial charge >= 0.3 is 5.97 Å². The van der Waals surface area contributed by atoms with Crippen molar-refractivity contribution in [1.82, 2.24) is 14.8 Å². The lowest BCUT2D eigenvalue weighted by Gasteiger charge is -2.29. The molecule has 1 aliphatic heterocycles. The number of pyridine rings is 1. The van der Waals surface area contributed by atoms with Gasteiger partial charge in [-0.2, -0.15) is 5.10 Å². The Morgan fingerprint density at radius 3 is 2.66 bits per heavy atom. The van der Waals surface area contributed by atoms with Crippen molar-refractivity contribution in [3.05, 3.63) is 75.2 Å². The Morgan fingerprint density at radius 2 is 2.00 bits per heavy atom. The summed E-state index contributed by atoms with van der Waals surface area (Å²) < 4.78 is 6.87. The van der Waals surface area contributed by atoms with E-state index in [1.54, 1.807) is 22.9 Å². The van der Waals surface area contributed by atoms with Gasteiger partial charge in [-0.05, 0) is 56.5 Å². The van der Waals surface area contributed by atoms with E-state index in [1.807, 2.05) is 19.9 Å². The van der Waals surface area contributed by atoms with Crippen LogP contribution in [0.3, 0.4) is 0 Å². The zero-order valence-corrected chi connectivity index (χ0v) is 17.6. The second-order valence-electron chi connectivity index (χ2n) is 7.54. The third-order valence-electron chi connectivity index (χ3n) is 5.23. The van der Waals surface area contributed by atoms with Crippen LogP contribution in [-0.2, 0) is 16.0 Å². The standard InChI is InChI=1S/C22H21N5O5/c1-14-10-15(2)26(24-14)20-8-5-17(12-23-20)22(29)32-13-21(28)25-9-3-4-16-11-18(27(30)31)6-7-19(16)25/h5-8,10-12H,3-4,9,13H2,1-2H3. The number of carbonyl (C=O) groups excluding carboxylic acids is 2. The second kappa shape index (κ2) is 8.58. The Kier molecular flexibility index (Phi) is 5.67. The molecule has 10 nitrogen and oxygen atoms in total. The van der Waals surface area contributed by atoms with Gasteiger partial charge in [0.1, 0.15) is 0 Å². The third kappa shape index (κ3) is 4.20. The van der Waals surface area contributed by atoms with Crippen molar-refractivity contribution in [3.8, 4) is 5.82 Å². The molecule has 1 aliphatic rings. The van der Waals surface area contributed by atoms with Crippen LogP contribution in [0.5, 0.6) is 0 Å². The van der Waals surface area contributed by atoms with E-state index in [2.05, 4.69) is 10.1 Å². The lowest BCUT2D eigenvalue weighted by Crippen LogP contribution is -2.38. The maximum Gasteiger partial charge on any atom is 0.340 e. The van der Waals surface area contributed by atoms with Crippen molar-refractivity contribution >= 4 is 23.3 Å². The number of esters is 1. The monoisotopic (exact) mass is 435 g/mol. The molecule has 0 fully saturated rings. The van der Waals surface area contributed by atoms with Gasteiger partial charge in [0.15, 0.2) is 12.4 Å². The number of hydrogen-bond acceptors (Lipinski definition) is 7. The SMILES string of the molecule is Cc1cc(C)n(-c2ccc(C(=O)OCC(=O)N3CCCc4cc([N+](=O)[O-])ccc43)cn2)n1. The quantitative estimate of drug-likeness (QED) is 0.343. The van der Waals surface area contributed by atoms with E-state index in [1.165, 1.54) is 23.2 Å². The summed E-state index contributed by atoms with van der Waals surface area (Å²) >= 11 is 0. The van der Waals surface area contributed by atoms with E-state index in [0.717, 1.165) is 17.0 Å². The first-order valence-electron chi connectivity index (χ1n) is 10.1. The van der Waals surface area contributed by atoms with Crippen molar-refractivity contribution in [3.63, 3.8) is 0 Å². The number of amides is 1. The summed E-state index contributed by atoms with van der Waals surface area (Å²) in [4.78, 5) is 41.4. The van der Waals surface area contributed by atoms with Gasteiger partial charge in [0.25, 0.3) is 11.6 Å². The first-order chi connectivity index (χ1) is 15.3. The molecule has 0 unspecified atom stereocenters. The van der Waals surface area contributed by atoms with E-state index >= 15 is 0 Å². The van der Waals surface area contributed by atoms with Crippen LogP contribution in [-0.4, -0.2) is 44.7 Å². The molecule has 0 bridgehead atoms. The average Bonchev–Trinajstić information content (AvgIpc) is 3.14. The minimum absolute atomic E-state index is 0.0131. The molecule has 0 spiro atoms. The Bertz CT molecular complexity index is 1200. The topological polar surface area (TPSA) is 120 Å².